The third-order valence-corrected chi connectivity index (χ3v) is 2.53. The summed E-state index contributed by atoms with van der Waals surface area (Å²) < 4.78 is 0. The maximum Gasteiger partial charge on any atom is 0.322 e. The lowest BCUT2D eigenvalue weighted by Gasteiger charge is -2.05. The van der Waals surface area contributed by atoms with E-state index >= 15 is 0 Å². The van der Waals surface area contributed by atoms with Crippen LogP contribution in [0.25, 0.3) is 11.0 Å². The highest BCUT2D eigenvalue weighted by Crippen LogP contribution is 2.08. The Morgan fingerprint density at radius 1 is 1.05 bits per heavy atom. The minimum atomic E-state index is -1.16. The summed E-state index contributed by atoms with van der Waals surface area (Å²) in [7, 11) is 0. The molecule has 2 amide bonds. The summed E-state index contributed by atoms with van der Waals surface area (Å²) in [6.07, 6.45) is 1.31. The van der Waals surface area contributed by atoms with E-state index in [1.807, 2.05) is 6.07 Å². The summed E-state index contributed by atoms with van der Waals surface area (Å²) in [6, 6.07) is 7.07. The van der Waals surface area contributed by atoms with Gasteiger partial charge in [0, 0.05) is 0 Å². The molecule has 3 N–H and O–H groups in total. The Labute approximate surface area is 119 Å². The second kappa shape index (κ2) is 6.42. The van der Waals surface area contributed by atoms with Crippen LogP contribution >= 0.6 is 0 Å². The number of carbonyl (C=O) groups excluding carboxylic acids is 2. The fraction of sp³-hybridized carbons (Fsp3) is 0.154. The lowest BCUT2D eigenvalue weighted by molar-refractivity contribution is -0.137. The van der Waals surface area contributed by atoms with Gasteiger partial charge in [0.25, 0.3) is 5.91 Å². The van der Waals surface area contributed by atoms with Crippen molar-refractivity contribution in [1.29, 1.82) is 0 Å². The minimum absolute atomic E-state index is 0.0831. The monoisotopic (exact) mass is 288 g/mol. The quantitative estimate of drug-likeness (QED) is 0.685. The second-order valence-corrected chi connectivity index (χ2v) is 4.10. The van der Waals surface area contributed by atoms with Crippen LogP contribution < -0.4 is 10.6 Å². The first kappa shape index (κ1) is 14.4. The van der Waals surface area contributed by atoms with Gasteiger partial charge in [-0.3, -0.25) is 19.4 Å². The molecular weight excluding hydrogens is 276 g/mol. The SMILES string of the molecule is O=C(O)CNC(=O)CNC(=O)c1cnc2ccccc2n1. The topological polar surface area (TPSA) is 121 Å². The molecule has 0 spiro atoms. The fourth-order valence-electron chi connectivity index (χ4n) is 1.55. The number of fused-ring (bicyclic) bond motifs is 1. The van der Waals surface area contributed by atoms with Gasteiger partial charge in [0.05, 0.1) is 23.8 Å². The number of rotatable bonds is 5. The molecule has 0 aliphatic carbocycles. The molecule has 2 rings (SSSR count). The zero-order chi connectivity index (χ0) is 15.2. The molecule has 0 saturated carbocycles. The molecule has 0 aliphatic rings. The van der Waals surface area contributed by atoms with Crippen molar-refractivity contribution in [3.05, 3.63) is 36.2 Å². The normalized spacial score (nSPS) is 10.1. The van der Waals surface area contributed by atoms with E-state index in [-0.39, 0.29) is 12.2 Å². The van der Waals surface area contributed by atoms with Gasteiger partial charge in [-0.05, 0) is 12.1 Å². The molecule has 0 saturated heterocycles. The Morgan fingerprint density at radius 3 is 2.48 bits per heavy atom. The Hall–Kier alpha value is -3.03. The lowest BCUT2D eigenvalue weighted by atomic mass is 10.3. The summed E-state index contributed by atoms with van der Waals surface area (Å²) in [4.78, 5) is 41.6. The van der Waals surface area contributed by atoms with Gasteiger partial charge in [0.15, 0.2) is 0 Å². The van der Waals surface area contributed by atoms with Crippen LogP contribution in [0.4, 0.5) is 0 Å². The van der Waals surface area contributed by atoms with Crippen LogP contribution in [0.15, 0.2) is 30.5 Å². The van der Waals surface area contributed by atoms with Crippen molar-refractivity contribution in [2.75, 3.05) is 13.1 Å². The number of nitrogens with zero attached hydrogens (tertiary/aromatic N) is 2. The van der Waals surface area contributed by atoms with E-state index in [4.69, 9.17) is 5.11 Å². The molecule has 0 bridgehead atoms. The number of aromatic nitrogens is 2. The van der Waals surface area contributed by atoms with E-state index in [0.29, 0.717) is 11.0 Å². The van der Waals surface area contributed by atoms with Crippen LogP contribution in [0, 0.1) is 0 Å². The Bertz CT molecular complexity index is 701. The van der Waals surface area contributed by atoms with Gasteiger partial charge in [0.2, 0.25) is 5.91 Å². The molecule has 0 radical (unpaired) electrons. The first-order valence-corrected chi connectivity index (χ1v) is 6.05. The number of carbonyl (C=O) groups is 3. The number of aliphatic carboxylic acids is 1. The average molecular weight is 288 g/mol. The highest BCUT2D eigenvalue weighted by Gasteiger charge is 2.11. The minimum Gasteiger partial charge on any atom is -0.480 e. The van der Waals surface area contributed by atoms with Crippen LogP contribution in [-0.4, -0.2) is 45.9 Å². The van der Waals surface area contributed by atoms with E-state index in [2.05, 4.69) is 20.6 Å². The van der Waals surface area contributed by atoms with Crippen LogP contribution in [0.1, 0.15) is 10.5 Å². The summed E-state index contributed by atoms with van der Waals surface area (Å²) >= 11 is 0. The van der Waals surface area contributed by atoms with Gasteiger partial charge in [0.1, 0.15) is 12.2 Å². The van der Waals surface area contributed by atoms with E-state index in [1.54, 1.807) is 18.2 Å². The zero-order valence-electron chi connectivity index (χ0n) is 10.9. The van der Waals surface area contributed by atoms with E-state index in [1.165, 1.54) is 6.20 Å². The van der Waals surface area contributed by atoms with Crippen molar-refractivity contribution in [2.45, 2.75) is 0 Å². The number of amides is 2. The van der Waals surface area contributed by atoms with Crippen molar-refractivity contribution in [3.63, 3.8) is 0 Å². The summed E-state index contributed by atoms with van der Waals surface area (Å²) in [6.45, 7) is -0.828. The highest BCUT2D eigenvalue weighted by atomic mass is 16.4. The van der Waals surface area contributed by atoms with Crippen molar-refractivity contribution >= 4 is 28.8 Å². The third kappa shape index (κ3) is 3.96. The van der Waals surface area contributed by atoms with Gasteiger partial charge in [-0.1, -0.05) is 12.1 Å². The summed E-state index contributed by atoms with van der Waals surface area (Å²) in [5.41, 5.74) is 1.31. The first-order valence-electron chi connectivity index (χ1n) is 6.05. The summed E-state index contributed by atoms with van der Waals surface area (Å²) in [5, 5.41) is 12.9. The predicted octanol–water partition coefficient (Wildman–Crippen LogP) is -0.440. The molecule has 1 heterocycles. The predicted molar refractivity (Wildman–Crippen MR) is 72.5 cm³/mol. The average Bonchev–Trinajstić information content (AvgIpc) is 2.50. The van der Waals surface area contributed by atoms with Gasteiger partial charge in [-0.2, -0.15) is 0 Å². The molecule has 1 aromatic heterocycles. The molecular formula is C13H12N4O4. The number of hydrogen-bond donors (Lipinski definition) is 3. The Morgan fingerprint density at radius 2 is 1.76 bits per heavy atom. The molecule has 0 fully saturated rings. The largest absolute Gasteiger partial charge is 0.480 e. The molecule has 0 atom stereocenters. The molecule has 0 aliphatic heterocycles. The van der Waals surface area contributed by atoms with Gasteiger partial charge >= 0.3 is 5.97 Å². The number of hydrogen-bond acceptors (Lipinski definition) is 5. The molecule has 21 heavy (non-hydrogen) atoms. The van der Waals surface area contributed by atoms with E-state index in [9.17, 15) is 14.4 Å². The number of nitrogens with one attached hydrogen (secondary N) is 2. The Kier molecular flexibility index (Phi) is 4.39. The lowest BCUT2D eigenvalue weighted by Crippen LogP contribution is -2.39. The Balaban J connectivity index is 1.95. The van der Waals surface area contributed by atoms with Gasteiger partial charge in [-0.25, -0.2) is 4.98 Å². The van der Waals surface area contributed by atoms with Crippen LogP contribution in [0.3, 0.4) is 0 Å². The van der Waals surface area contributed by atoms with Gasteiger partial charge in [-0.15, -0.1) is 0 Å². The van der Waals surface area contributed by atoms with Crippen molar-refractivity contribution in [3.8, 4) is 0 Å². The maximum absolute atomic E-state index is 11.8. The van der Waals surface area contributed by atoms with Crippen LogP contribution in [-0.2, 0) is 9.59 Å². The standard InChI is InChI=1S/C13H12N4O4/c18-11(15-7-12(19)20)6-16-13(21)10-5-14-8-3-1-2-4-9(8)17-10/h1-5H,6-7H2,(H,15,18)(H,16,21)(H,19,20). The van der Waals surface area contributed by atoms with Crippen molar-refractivity contribution in [2.24, 2.45) is 0 Å². The second-order valence-electron chi connectivity index (χ2n) is 4.10. The highest BCUT2D eigenvalue weighted by molar-refractivity contribution is 5.96. The zero-order valence-corrected chi connectivity index (χ0v) is 10.9. The first-order chi connectivity index (χ1) is 10.1. The van der Waals surface area contributed by atoms with Crippen molar-refractivity contribution < 1.29 is 19.5 Å². The summed E-state index contributed by atoms with van der Waals surface area (Å²) in [5.74, 6) is -2.31. The number of carboxylic acid groups (broad SMARTS) is 1. The number of para-hydroxylation sites is 2. The molecule has 8 nitrogen and oxygen atoms in total. The molecule has 0 unspecified atom stereocenters. The van der Waals surface area contributed by atoms with Crippen molar-refractivity contribution in [1.82, 2.24) is 20.6 Å². The molecule has 1 aromatic carbocycles. The van der Waals surface area contributed by atoms with E-state index in [0.717, 1.165) is 0 Å². The molecule has 8 heteroatoms. The molecule has 108 valence electrons. The smallest absolute Gasteiger partial charge is 0.322 e. The van der Waals surface area contributed by atoms with Gasteiger partial charge < -0.3 is 15.7 Å². The van der Waals surface area contributed by atoms with Crippen LogP contribution in [0.2, 0.25) is 0 Å². The number of benzene rings is 1. The van der Waals surface area contributed by atoms with Crippen LogP contribution in [0.5, 0.6) is 0 Å². The number of carboxylic acids is 1. The fourth-order valence-corrected chi connectivity index (χ4v) is 1.55. The van der Waals surface area contributed by atoms with E-state index < -0.39 is 24.3 Å². The maximum atomic E-state index is 11.8. The molecule has 2 aromatic rings. The third-order valence-electron chi connectivity index (χ3n) is 2.53.